The highest BCUT2D eigenvalue weighted by Crippen LogP contribution is 2.22. The summed E-state index contributed by atoms with van der Waals surface area (Å²) in [4.78, 5) is 15.6. The molecular formula is C19H18N2O4S. The molecule has 1 aromatic heterocycles. The highest BCUT2D eigenvalue weighted by molar-refractivity contribution is 7.91. The van der Waals surface area contributed by atoms with Crippen LogP contribution < -0.4 is 5.32 Å². The SMILES string of the molecule is CCS(=O)(=O)c1ccc2oc(/C=C/c3ccc(NC(C)=O)cc3)nc2c1. The molecule has 2 aromatic carbocycles. The van der Waals surface area contributed by atoms with E-state index in [0.717, 1.165) is 11.3 Å². The average molecular weight is 370 g/mol. The van der Waals surface area contributed by atoms with E-state index in [9.17, 15) is 13.2 Å². The Hall–Kier alpha value is -2.93. The van der Waals surface area contributed by atoms with Gasteiger partial charge in [-0.1, -0.05) is 19.1 Å². The number of carbonyl (C=O) groups excluding carboxylic acids is 1. The van der Waals surface area contributed by atoms with Gasteiger partial charge in [-0.05, 0) is 42.0 Å². The Morgan fingerprint density at radius 1 is 1.15 bits per heavy atom. The van der Waals surface area contributed by atoms with Crippen LogP contribution in [0.4, 0.5) is 5.69 Å². The number of rotatable bonds is 5. The number of carbonyl (C=O) groups is 1. The van der Waals surface area contributed by atoms with Crippen molar-refractivity contribution < 1.29 is 17.6 Å². The van der Waals surface area contributed by atoms with E-state index < -0.39 is 9.84 Å². The second-order valence-electron chi connectivity index (χ2n) is 5.72. The first-order valence-electron chi connectivity index (χ1n) is 8.06. The lowest BCUT2D eigenvalue weighted by Crippen LogP contribution is -2.05. The van der Waals surface area contributed by atoms with Crippen LogP contribution in [0.5, 0.6) is 0 Å². The highest BCUT2D eigenvalue weighted by Gasteiger charge is 2.14. The molecule has 1 heterocycles. The highest BCUT2D eigenvalue weighted by atomic mass is 32.2. The molecule has 7 heteroatoms. The molecule has 0 unspecified atom stereocenters. The van der Waals surface area contributed by atoms with Gasteiger partial charge in [-0.15, -0.1) is 0 Å². The zero-order chi connectivity index (χ0) is 18.7. The molecule has 0 aliphatic carbocycles. The number of hydrogen-bond acceptors (Lipinski definition) is 5. The summed E-state index contributed by atoms with van der Waals surface area (Å²) in [6.45, 7) is 3.06. The van der Waals surface area contributed by atoms with Crippen molar-refractivity contribution in [1.82, 2.24) is 4.98 Å². The predicted octanol–water partition coefficient (Wildman–Crippen LogP) is 3.75. The maximum absolute atomic E-state index is 12.0. The topological polar surface area (TPSA) is 89.3 Å². The van der Waals surface area contributed by atoms with Crippen LogP contribution >= 0.6 is 0 Å². The van der Waals surface area contributed by atoms with Crippen molar-refractivity contribution in [3.63, 3.8) is 0 Å². The minimum Gasteiger partial charge on any atom is -0.437 e. The van der Waals surface area contributed by atoms with Gasteiger partial charge in [0.05, 0.1) is 10.6 Å². The van der Waals surface area contributed by atoms with Gasteiger partial charge in [0, 0.05) is 18.7 Å². The van der Waals surface area contributed by atoms with Crippen LogP contribution in [0, 0.1) is 0 Å². The Bertz CT molecular complexity index is 1080. The summed E-state index contributed by atoms with van der Waals surface area (Å²) in [5, 5.41) is 2.70. The van der Waals surface area contributed by atoms with E-state index in [1.807, 2.05) is 18.2 Å². The van der Waals surface area contributed by atoms with Crippen LogP contribution in [0.1, 0.15) is 25.3 Å². The first-order chi connectivity index (χ1) is 12.4. The van der Waals surface area contributed by atoms with Gasteiger partial charge in [-0.3, -0.25) is 4.79 Å². The Kier molecular flexibility index (Phi) is 4.90. The summed E-state index contributed by atoms with van der Waals surface area (Å²) in [5.74, 6) is 0.304. The lowest BCUT2D eigenvalue weighted by Gasteiger charge is -2.01. The zero-order valence-electron chi connectivity index (χ0n) is 14.4. The summed E-state index contributed by atoms with van der Waals surface area (Å²) in [6, 6.07) is 12.0. The second kappa shape index (κ2) is 7.13. The minimum atomic E-state index is -3.28. The fourth-order valence-corrected chi connectivity index (χ4v) is 3.30. The molecule has 6 nitrogen and oxygen atoms in total. The van der Waals surface area contributed by atoms with Crippen LogP contribution in [0.15, 0.2) is 51.8 Å². The summed E-state index contributed by atoms with van der Waals surface area (Å²) in [6.07, 6.45) is 3.54. The van der Waals surface area contributed by atoms with Crippen LogP contribution in [0.2, 0.25) is 0 Å². The van der Waals surface area contributed by atoms with E-state index >= 15 is 0 Å². The Morgan fingerprint density at radius 2 is 1.88 bits per heavy atom. The van der Waals surface area contributed by atoms with Gasteiger partial charge in [-0.2, -0.15) is 0 Å². The molecule has 26 heavy (non-hydrogen) atoms. The molecule has 0 aliphatic rings. The van der Waals surface area contributed by atoms with E-state index in [2.05, 4.69) is 10.3 Å². The van der Waals surface area contributed by atoms with Gasteiger partial charge >= 0.3 is 0 Å². The lowest BCUT2D eigenvalue weighted by molar-refractivity contribution is -0.114. The van der Waals surface area contributed by atoms with Crippen molar-refractivity contribution in [3.8, 4) is 0 Å². The number of amides is 1. The lowest BCUT2D eigenvalue weighted by atomic mass is 10.2. The first kappa shape index (κ1) is 17.9. The molecule has 3 rings (SSSR count). The van der Waals surface area contributed by atoms with Crippen molar-refractivity contribution in [3.05, 3.63) is 53.9 Å². The number of sulfone groups is 1. The van der Waals surface area contributed by atoms with Gasteiger partial charge in [0.1, 0.15) is 5.52 Å². The standard InChI is InChI=1S/C19H18N2O4S/c1-3-26(23,24)16-9-10-18-17(12-16)21-19(25-18)11-6-14-4-7-15(8-5-14)20-13(2)22/h4-12H,3H2,1-2H3,(H,20,22)/b11-6+. The molecule has 0 radical (unpaired) electrons. The number of anilines is 1. The fraction of sp³-hybridized carbons (Fsp3) is 0.158. The number of nitrogens with zero attached hydrogens (tertiary/aromatic N) is 1. The number of oxazole rings is 1. The van der Waals surface area contributed by atoms with E-state index in [-0.39, 0.29) is 16.6 Å². The van der Waals surface area contributed by atoms with Gasteiger partial charge < -0.3 is 9.73 Å². The summed E-state index contributed by atoms with van der Waals surface area (Å²) in [5.41, 5.74) is 2.66. The first-order valence-corrected chi connectivity index (χ1v) is 9.72. The second-order valence-corrected chi connectivity index (χ2v) is 8.00. The largest absolute Gasteiger partial charge is 0.437 e. The zero-order valence-corrected chi connectivity index (χ0v) is 15.2. The average Bonchev–Trinajstić information content (AvgIpc) is 3.02. The Labute approximate surface area is 151 Å². The minimum absolute atomic E-state index is 0.0393. The van der Waals surface area contributed by atoms with Crippen molar-refractivity contribution in [1.29, 1.82) is 0 Å². The number of hydrogen-bond donors (Lipinski definition) is 1. The van der Waals surface area contributed by atoms with Crippen LogP contribution in [0.3, 0.4) is 0 Å². The number of aromatic nitrogens is 1. The van der Waals surface area contributed by atoms with Crippen molar-refractivity contribution in [2.45, 2.75) is 18.7 Å². The van der Waals surface area contributed by atoms with E-state index in [1.54, 1.807) is 31.2 Å². The number of nitrogens with one attached hydrogen (secondary N) is 1. The monoisotopic (exact) mass is 370 g/mol. The van der Waals surface area contributed by atoms with Crippen molar-refractivity contribution >= 4 is 44.7 Å². The van der Waals surface area contributed by atoms with E-state index in [4.69, 9.17) is 4.42 Å². The maximum Gasteiger partial charge on any atom is 0.221 e. The quantitative estimate of drug-likeness (QED) is 0.739. The fourth-order valence-electron chi connectivity index (χ4n) is 2.40. The van der Waals surface area contributed by atoms with Gasteiger partial charge in [-0.25, -0.2) is 13.4 Å². The smallest absolute Gasteiger partial charge is 0.221 e. The molecule has 0 aliphatic heterocycles. The van der Waals surface area contributed by atoms with Gasteiger partial charge in [0.25, 0.3) is 0 Å². The van der Waals surface area contributed by atoms with Crippen LogP contribution in [-0.2, 0) is 14.6 Å². The Balaban J connectivity index is 1.82. The third kappa shape index (κ3) is 4.00. The van der Waals surface area contributed by atoms with Gasteiger partial charge in [0.2, 0.25) is 11.8 Å². The summed E-state index contributed by atoms with van der Waals surface area (Å²) >= 11 is 0. The van der Waals surface area contributed by atoms with Crippen LogP contribution in [-0.4, -0.2) is 25.1 Å². The summed E-state index contributed by atoms with van der Waals surface area (Å²) < 4.78 is 29.5. The molecule has 0 spiro atoms. The normalized spacial score (nSPS) is 11.9. The number of benzene rings is 2. The number of fused-ring (bicyclic) bond motifs is 1. The maximum atomic E-state index is 12.0. The summed E-state index contributed by atoms with van der Waals surface area (Å²) in [7, 11) is -3.28. The molecule has 134 valence electrons. The third-order valence-corrected chi connectivity index (χ3v) is 5.50. The predicted molar refractivity (Wildman–Crippen MR) is 101 cm³/mol. The van der Waals surface area contributed by atoms with Gasteiger partial charge in [0.15, 0.2) is 15.4 Å². The molecule has 1 amide bonds. The van der Waals surface area contributed by atoms with Crippen molar-refractivity contribution in [2.24, 2.45) is 0 Å². The molecule has 0 bridgehead atoms. The van der Waals surface area contributed by atoms with E-state index in [1.165, 1.54) is 19.1 Å². The van der Waals surface area contributed by atoms with E-state index in [0.29, 0.717) is 17.0 Å². The molecule has 0 atom stereocenters. The van der Waals surface area contributed by atoms with Crippen LogP contribution in [0.25, 0.3) is 23.3 Å². The Morgan fingerprint density at radius 3 is 2.54 bits per heavy atom. The molecular weight excluding hydrogens is 352 g/mol. The molecule has 0 fully saturated rings. The molecule has 3 aromatic rings. The third-order valence-electron chi connectivity index (χ3n) is 3.76. The molecule has 1 N–H and O–H groups in total. The molecule has 0 saturated carbocycles. The van der Waals surface area contributed by atoms with Crippen molar-refractivity contribution in [2.75, 3.05) is 11.1 Å². The molecule has 0 saturated heterocycles.